The van der Waals surface area contributed by atoms with Crippen LogP contribution in [-0.4, -0.2) is 26.9 Å². The fourth-order valence-corrected chi connectivity index (χ4v) is 4.12. The fraction of sp³-hybridized carbons (Fsp3) is 0.462. The Morgan fingerprint density at radius 3 is 2.70 bits per heavy atom. The van der Waals surface area contributed by atoms with Crippen LogP contribution in [0.15, 0.2) is 17.0 Å². The first-order valence-corrected chi connectivity index (χ1v) is 7.97. The quantitative estimate of drug-likeness (QED) is 0.705. The van der Waals surface area contributed by atoms with Crippen molar-refractivity contribution < 1.29 is 13.2 Å². The number of piperidine rings is 1. The second kappa shape index (κ2) is 5.41. The van der Waals surface area contributed by atoms with Crippen molar-refractivity contribution >= 4 is 21.6 Å². The minimum Gasteiger partial charge on any atom is -0.398 e. The van der Waals surface area contributed by atoms with E-state index in [0.717, 1.165) is 6.42 Å². The number of sulfonamides is 1. The van der Waals surface area contributed by atoms with E-state index in [2.05, 4.69) is 10.0 Å². The highest BCUT2D eigenvalue weighted by Gasteiger charge is 2.29. The number of nitrogens with one attached hydrogen (secondary N) is 2. The topological polar surface area (TPSA) is 101 Å². The van der Waals surface area contributed by atoms with E-state index < -0.39 is 16.1 Å². The Hall–Kier alpha value is -1.60. The Kier molecular flexibility index (Phi) is 4.01. The molecule has 1 atom stereocenters. The molecule has 0 bridgehead atoms. The van der Waals surface area contributed by atoms with Crippen LogP contribution in [0.2, 0.25) is 0 Å². The SMILES string of the molecule is Cc1ccc(N)c(C)c1S(=O)(=O)NC1CCCNC1=O. The van der Waals surface area contributed by atoms with Gasteiger partial charge >= 0.3 is 0 Å². The van der Waals surface area contributed by atoms with Gasteiger partial charge in [-0.25, -0.2) is 8.42 Å². The predicted molar refractivity (Wildman–Crippen MR) is 76.7 cm³/mol. The summed E-state index contributed by atoms with van der Waals surface area (Å²) in [6.45, 7) is 3.97. The molecule has 0 spiro atoms. The maximum absolute atomic E-state index is 12.5. The number of nitrogens with two attached hydrogens (primary N) is 1. The number of aryl methyl sites for hydroxylation is 1. The average Bonchev–Trinajstić information content (AvgIpc) is 2.37. The molecule has 1 aromatic carbocycles. The Labute approximate surface area is 118 Å². The Bertz CT molecular complexity index is 641. The van der Waals surface area contributed by atoms with Gasteiger partial charge in [-0.3, -0.25) is 4.79 Å². The van der Waals surface area contributed by atoms with Crippen molar-refractivity contribution in [2.45, 2.75) is 37.6 Å². The lowest BCUT2D eigenvalue weighted by Crippen LogP contribution is -2.50. The Morgan fingerprint density at radius 1 is 1.35 bits per heavy atom. The molecule has 0 saturated carbocycles. The minimum atomic E-state index is -3.77. The van der Waals surface area contributed by atoms with Crippen molar-refractivity contribution in [2.24, 2.45) is 0 Å². The van der Waals surface area contributed by atoms with Crippen LogP contribution in [0.4, 0.5) is 5.69 Å². The summed E-state index contributed by atoms with van der Waals surface area (Å²) in [6, 6.07) is 2.63. The number of hydrogen-bond acceptors (Lipinski definition) is 4. The summed E-state index contributed by atoms with van der Waals surface area (Å²) in [7, 11) is -3.77. The van der Waals surface area contributed by atoms with Crippen LogP contribution < -0.4 is 15.8 Å². The van der Waals surface area contributed by atoms with Gasteiger partial charge in [0.1, 0.15) is 6.04 Å². The molecule has 0 aliphatic carbocycles. The third-order valence-electron chi connectivity index (χ3n) is 3.50. The summed E-state index contributed by atoms with van der Waals surface area (Å²) in [5.74, 6) is -0.279. The molecule has 6 nitrogen and oxygen atoms in total. The Balaban J connectivity index is 2.36. The van der Waals surface area contributed by atoms with Gasteiger partial charge in [0.2, 0.25) is 15.9 Å². The predicted octanol–water partition coefficient (Wildman–Crippen LogP) is 0.443. The third-order valence-corrected chi connectivity index (χ3v) is 5.26. The maximum Gasteiger partial charge on any atom is 0.241 e. The van der Waals surface area contributed by atoms with E-state index in [-0.39, 0.29) is 10.8 Å². The molecule has 20 heavy (non-hydrogen) atoms. The largest absolute Gasteiger partial charge is 0.398 e. The number of amides is 1. The molecule has 4 N–H and O–H groups in total. The molecule has 1 unspecified atom stereocenters. The Morgan fingerprint density at radius 2 is 2.05 bits per heavy atom. The lowest BCUT2D eigenvalue weighted by Gasteiger charge is -2.23. The molecule has 2 rings (SSSR count). The molecule has 1 aromatic rings. The molecule has 0 radical (unpaired) electrons. The third kappa shape index (κ3) is 2.78. The number of carbonyl (C=O) groups excluding carboxylic acids is 1. The number of hydrogen-bond donors (Lipinski definition) is 3. The summed E-state index contributed by atoms with van der Waals surface area (Å²) in [5, 5.41) is 2.66. The monoisotopic (exact) mass is 297 g/mol. The zero-order valence-electron chi connectivity index (χ0n) is 11.6. The van der Waals surface area contributed by atoms with E-state index in [9.17, 15) is 13.2 Å². The lowest BCUT2D eigenvalue weighted by atomic mass is 10.1. The van der Waals surface area contributed by atoms with Crippen molar-refractivity contribution in [3.05, 3.63) is 23.3 Å². The van der Waals surface area contributed by atoms with Gasteiger partial charge in [0.15, 0.2) is 0 Å². The second-order valence-corrected chi connectivity index (χ2v) is 6.68. The van der Waals surface area contributed by atoms with Crippen molar-refractivity contribution in [3.8, 4) is 0 Å². The normalized spacial score (nSPS) is 19.7. The highest BCUT2D eigenvalue weighted by molar-refractivity contribution is 7.89. The second-order valence-electron chi connectivity index (χ2n) is 5.03. The first-order chi connectivity index (χ1) is 9.33. The van der Waals surface area contributed by atoms with Crippen molar-refractivity contribution in [2.75, 3.05) is 12.3 Å². The molecule has 1 saturated heterocycles. The molecule has 1 aliphatic rings. The van der Waals surface area contributed by atoms with Crippen LogP contribution in [0.3, 0.4) is 0 Å². The summed E-state index contributed by atoms with van der Waals surface area (Å²) in [4.78, 5) is 11.8. The molecule has 0 aromatic heterocycles. The molecule has 1 amide bonds. The van der Waals surface area contributed by atoms with Gasteiger partial charge < -0.3 is 11.1 Å². The van der Waals surface area contributed by atoms with E-state index in [4.69, 9.17) is 5.73 Å². The zero-order valence-corrected chi connectivity index (χ0v) is 12.4. The minimum absolute atomic E-state index is 0.163. The number of nitrogen functional groups attached to an aromatic ring is 1. The molecular formula is C13H19N3O3S. The molecule has 1 aliphatic heterocycles. The molecule has 7 heteroatoms. The van der Waals surface area contributed by atoms with Crippen LogP contribution in [0.1, 0.15) is 24.0 Å². The fourth-order valence-electron chi connectivity index (χ4n) is 2.39. The summed E-state index contributed by atoms with van der Waals surface area (Å²) in [5.41, 5.74) is 7.32. The number of anilines is 1. The number of rotatable bonds is 3. The number of benzene rings is 1. The average molecular weight is 297 g/mol. The van der Waals surface area contributed by atoms with Crippen molar-refractivity contribution in [3.63, 3.8) is 0 Å². The lowest BCUT2D eigenvalue weighted by molar-refractivity contribution is -0.124. The van der Waals surface area contributed by atoms with Gasteiger partial charge in [-0.2, -0.15) is 4.72 Å². The van der Waals surface area contributed by atoms with Crippen molar-refractivity contribution in [1.82, 2.24) is 10.0 Å². The molecule has 1 fully saturated rings. The van der Waals surface area contributed by atoms with Crippen LogP contribution >= 0.6 is 0 Å². The van der Waals surface area contributed by atoms with Crippen LogP contribution in [0, 0.1) is 13.8 Å². The standard InChI is InChI=1S/C13H19N3O3S/c1-8-5-6-10(14)9(2)12(8)20(18,19)16-11-4-3-7-15-13(11)17/h5-6,11,16H,3-4,7,14H2,1-2H3,(H,15,17). The highest BCUT2D eigenvalue weighted by Crippen LogP contribution is 2.25. The zero-order chi connectivity index (χ0) is 14.9. The van der Waals surface area contributed by atoms with E-state index in [0.29, 0.717) is 29.8 Å². The van der Waals surface area contributed by atoms with Crippen molar-refractivity contribution in [1.29, 1.82) is 0 Å². The van der Waals surface area contributed by atoms with Gasteiger partial charge in [-0.1, -0.05) is 6.07 Å². The smallest absolute Gasteiger partial charge is 0.241 e. The van der Waals surface area contributed by atoms with Gasteiger partial charge in [0.05, 0.1) is 4.90 Å². The van der Waals surface area contributed by atoms with E-state index in [1.807, 2.05) is 0 Å². The molecule has 110 valence electrons. The first-order valence-electron chi connectivity index (χ1n) is 6.48. The summed E-state index contributed by atoms with van der Waals surface area (Å²) >= 11 is 0. The van der Waals surface area contributed by atoms with Gasteiger partial charge in [-0.05, 0) is 43.9 Å². The van der Waals surface area contributed by atoms with Gasteiger partial charge in [0.25, 0.3) is 0 Å². The van der Waals surface area contributed by atoms with Gasteiger partial charge in [0, 0.05) is 12.2 Å². The maximum atomic E-state index is 12.5. The summed E-state index contributed by atoms with van der Waals surface area (Å²) in [6.07, 6.45) is 1.26. The summed E-state index contributed by atoms with van der Waals surface area (Å²) < 4.78 is 27.5. The van der Waals surface area contributed by atoms with E-state index >= 15 is 0 Å². The van der Waals surface area contributed by atoms with E-state index in [1.165, 1.54) is 0 Å². The van der Waals surface area contributed by atoms with E-state index in [1.54, 1.807) is 26.0 Å². The van der Waals surface area contributed by atoms with Crippen LogP contribution in [0.5, 0.6) is 0 Å². The number of carbonyl (C=O) groups is 1. The van der Waals surface area contributed by atoms with Crippen LogP contribution in [0.25, 0.3) is 0 Å². The molecule has 1 heterocycles. The van der Waals surface area contributed by atoms with Gasteiger partial charge in [-0.15, -0.1) is 0 Å². The first kappa shape index (κ1) is 14.8. The highest BCUT2D eigenvalue weighted by atomic mass is 32.2. The molecular weight excluding hydrogens is 278 g/mol. The van der Waals surface area contributed by atoms with Crippen LogP contribution in [-0.2, 0) is 14.8 Å².